The fourth-order valence-corrected chi connectivity index (χ4v) is 2.79. The van der Waals surface area contributed by atoms with E-state index in [9.17, 15) is 23.6 Å². The summed E-state index contributed by atoms with van der Waals surface area (Å²) in [5.41, 5.74) is 0.0745. The van der Waals surface area contributed by atoms with Gasteiger partial charge in [0.25, 0.3) is 5.69 Å². The van der Waals surface area contributed by atoms with Gasteiger partial charge in [-0.25, -0.2) is 13.1 Å². The smallest absolute Gasteiger partial charge is 0.274 e. The maximum atomic E-state index is 11.6. The van der Waals surface area contributed by atoms with E-state index in [4.69, 9.17) is 0 Å². The Morgan fingerprint density at radius 2 is 2.15 bits per heavy atom. The molecule has 0 aromatic heterocycles. The molecule has 0 amide bonds. The van der Waals surface area contributed by atoms with Gasteiger partial charge < -0.3 is 5.11 Å². The SMILES string of the molecule is CNS(=O)(=O)c1ccc(CC(O)C2CC2)c([N+](=O)[O-])c1. The van der Waals surface area contributed by atoms with E-state index in [1.165, 1.54) is 19.2 Å². The molecule has 0 spiro atoms. The zero-order valence-electron chi connectivity index (χ0n) is 10.9. The normalized spacial score (nSPS) is 16.9. The second-order valence-corrected chi connectivity index (χ2v) is 6.75. The first kappa shape index (κ1) is 14.9. The quantitative estimate of drug-likeness (QED) is 0.597. The van der Waals surface area contributed by atoms with E-state index in [1.807, 2.05) is 0 Å². The topological polar surface area (TPSA) is 110 Å². The minimum Gasteiger partial charge on any atom is -0.392 e. The summed E-state index contributed by atoms with van der Waals surface area (Å²) in [6.07, 6.45) is 1.42. The maximum absolute atomic E-state index is 11.6. The predicted molar refractivity (Wildman–Crippen MR) is 71.8 cm³/mol. The Hall–Kier alpha value is -1.51. The molecule has 0 bridgehead atoms. The number of sulfonamides is 1. The van der Waals surface area contributed by atoms with Crippen LogP contribution in [0.5, 0.6) is 0 Å². The van der Waals surface area contributed by atoms with Gasteiger partial charge in [-0.3, -0.25) is 10.1 Å². The highest BCUT2D eigenvalue weighted by Crippen LogP contribution is 2.35. The van der Waals surface area contributed by atoms with Gasteiger partial charge in [0.15, 0.2) is 0 Å². The Kier molecular flexibility index (Phi) is 4.07. The molecule has 1 aromatic carbocycles. The van der Waals surface area contributed by atoms with Gasteiger partial charge in [-0.05, 0) is 31.9 Å². The van der Waals surface area contributed by atoms with E-state index in [0.29, 0.717) is 5.56 Å². The summed E-state index contributed by atoms with van der Waals surface area (Å²) in [6, 6.07) is 3.74. The van der Waals surface area contributed by atoms with Crippen molar-refractivity contribution in [1.82, 2.24) is 4.72 Å². The first-order chi connectivity index (χ1) is 9.35. The summed E-state index contributed by atoms with van der Waals surface area (Å²) in [4.78, 5) is 10.3. The van der Waals surface area contributed by atoms with E-state index in [1.54, 1.807) is 0 Å². The number of hydrogen-bond acceptors (Lipinski definition) is 5. The molecule has 0 heterocycles. The molecule has 0 radical (unpaired) electrons. The van der Waals surface area contributed by atoms with Crippen LogP contribution in [-0.4, -0.2) is 31.6 Å². The first-order valence-electron chi connectivity index (χ1n) is 6.24. The van der Waals surface area contributed by atoms with Crippen LogP contribution in [0.4, 0.5) is 5.69 Å². The van der Waals surface area contributed by atoms with Crippen molar-refractivity contribution in [1.29, 1.82) is 0 Å². The number of benzene rings is 1. The van der Waals surface area contributed by atoms with E-state index < -0.39 is 21.1 Å². The predicted octanol–water partition coefficient (Wildman–Crippen LogP) is 0.816. The van der Waals surface area contributed by atoms with Crippen LogP contribution in [0.3, 0.4) is 0 Å². The summed E-state index contributed by atoms with van der Waals surface area (Å²) in [5.74, 6) is 0.204. The average Bonchev–Trinajstić information content (AvgIpc) is 3.23. The van der Waals surface area contributed by atoms with E-state index in [0.717, 1.165) is 18.9 Å². The van der Waals surface area contributed by atoms with Gasteiger partial charge in [0.05, 0.1) is 15.9 Å². The molecular formula is C12H16N2O5S. The lowest BCUT2D eigenvalue weighted by molar-refractivity contribution is -0.385. The van der Waals surface area contributed by atoms with Crippen LogP contribution in [0, 0.1) is 16.0 Å². The summed E-state index contributed by atoms with van der Waals surface area (Å²) in [6.45, 7) is 0. The molecule has 2 N–H and O–H groups in total. The third kappa shape index (κ3) is 3.14. The zero-order valence-corrected chi connectivity index (χ0v) is 11.8. The highest BCUT2D eigenvalue weighted by Gasteiger charge is 2.31. The van der Waals surface area contributed by atoms with Crippen molar-refractivity contribution in [3.05, 3.63) is 33.9 Å². The third-order valence-corrected chi connectivity index (χ3v) is 4.84. The van der Waals surface area contributed by atoms with Crippen molar-refractivity contribution in [3.63, 3.8) is 0 Å². The first-order valence-corrected chi connectivity index (χ1v) is 7.72. The van der Waals surface area contributed by atoms with Crippen LogP contribution in [0.1, 0.15) is 18.4 Å². The molecule has 1 unspecified atom stereocenters. The molecule has 1 aliphatic carbocycles. The fraction of sp³-hybridized carbons (Fsp3) is 0.500. The number of nitro benzene ring substituents is 1. The number of nitrogens with one attached hydrogen (secondary N) is 1. The third-order valence-electron chi connectivity index (χ3n) is 3.43. The number of nitrogens with zero attached hydrogens (tertiary/aromatic N) is 1. The Morgan fingerprint density at radius 3 is 2.65 bits per heavy atom. The molecule has 2 rings (SSSR count). The zero-order chi connectivity index (χ0) is 14.9. The van der Waals surface area contributed by atoms with Crippen LogP contribution in [-0.2, 0) is 16.4 Å². The van der Waals surface area contributed by atoms with Crippen molar-refractivity contribution in [2.45, 2.75) is 30.3 Å². The monoisotopic (exact) mass is 300 g/mol. The molecule has 20 heavy (non-hydrogen) atoms. The van der Waals surface area contributed by atoms with Gasteiger partial charge >= 0.3 is 0 Å². The van der Waals surface area contributed by atoms with Gasteiger partial charge in [0.2, 0.25) is 10.0 Å². The van der Waals surface area contributed by atoms with E-state index >= 15 is 0 Å². The van der Waals surface area contributed by atoms with Crippen LogP contribution in [0.15, 0.2) is 23.1 Å². The number of nitro groups is 1. The number of rotatable bonds is 6. The second-order valence-electron chi connectivity index (χ2n) is 4.86. The summed E-state index contributed by atoms with van der Waals surface area (Å²) in [5, 5.41) is 20.9. The summed E-state index contributed by atoms with van der Waals surface area (Å²) in [7, 11) is -2.48. The Labute approximate surface area is 116 Å². The lowest BCUT2D eigenvalue weighted by Gasteiger charge is -2.10. The minimum atomic E-state index is -3.72. The van der Waals surface area contributed by atoms with Crippen molar-refractivity contribution in [2.24, 2.45) is 5.92 Å². The molecule has 1 atom stereocenters. The number of aliphatic hydroxyl groups is 1. The van der Waals surface area contributed by atoms with Crippen LogP contribution >= 0.6 is 0 Å². The van der Waals surface area contributed by atoms with Gasteiger partial charge in [0.1, 0.15) is 0 Å². The maximum Gasteiger partial charge on any atom is 0.274 e. The molecule has 1 aliphatic rings. The van der Waals surface area contributed by atoms with Crippen molar-refractivity contribution in [3.8, 4) is 0 Å². The van der Waals surface area contributed by atoms with E-state index in [-0.39, 0.29) is 22.9 Å². The Balaban J connectivity index is 2.35. The van der Waals surface area contributed by atoms with Crippen molar-refractivity contribution < 1.29 is 18.4 Å². The highest BCUT2D eigenvalue weighted by molar-refractivity contribution is 7.89. The molecule has 1 aromatic rings. The van der Waals surface area contributed by atoms with Gasteiger partial charge in [-0.2, -0.15) is 0 Å². The summed E-state index contributed by atoms with van der Waals surface area (Å²) >= 11 is 0. The highest BCUT2D eigenvalue weighted by atomic mass is 32.2. The number of aliphatic hydroxyl groups excluding tert-OH is 1. The van der Waals surface area contributed by atoms with Crippen LogP contribution in [0.25, 0.3) is 0 Å². The Morgan fingerprint density at radius 1 is 1.50 bits per heavy atom. The van der Waals surface area contributed by atoms with Gasteiger partial charge in [-0.15, -0.1) is 0 Å². The van der Waals surface area contributed by atoms with Crippen LogP contribution in [0.2, 0.25) is 0 Å². The molecule has 0 aliphatic heterocycles. The lowest BCUT2D eigenvalue weighted by Crippen LogP contribution is -2.19. The lowest BCUT2D eigenvalue weighted by atomic mass is 10.0. The largest absolute Gasteiger partial charge is 0.392 e. The standard InChI is InChI=1S/C12H16N2O5S/c1-13-20(18,19)10-5-4-9(11(7-10)14(16)17)6-12(15)8-2-3-8/h4-5,7-8,12-13,15H,2-3,6H2,1H3. The van der Waals surface area contributed by atoms with E-state index in [2.05, 4.69) is 4.72 Å². The second kappa shape index (κ2) is 5.47. The molecule has 1 saturated carbocycles. The Bertz CT molecular complexity index is 625. The molecule has 1 fully saturated rings. The molecule has 7 nitrogen and oxygen atoms in total. The molecular weight excluding hydrogens is 284 g/mol. The van der Waals surface area contributed by atoms with Gasteiger partial charge in [-0.1, -0.05) is 6.07 Å². The number of hydrogen-bond donors (Lipinski definition) is 2. The molecule has 8 heteroatoms. The van der Waals surface area contributed by atoms with Crippen LogP contribution < -0.4 is 4.72 Å². The average molecular weight is 300 g/mol. The fourth-order valence-electron chi connectivity index (χ4n) is 2.04. The van der Waals surface area contributed by atoms with Crippen molar-refractivity contribution in [2.75, 3.05) is 7.05 Å². The summed E-state index contributed by atoms with van der Waals surface area (Å²) < 4.78 is 25.4. The molecule has 0 saturated heterocycles. The minimum absolute atomic E-state index is 0.156. The van der Waals surface area contributed by atoms with Gasteiger partial charge in [0, 0.05) is 18.1 Å². The molecule has 110 valence electrons. The van der Waals surface area contributed by atoms with Crippen molar-refractivity contribution >= 4 is 15.7 Å².